The van der Waals surface area contributed by atoms with Gasteiger partial charge in [-0.25, -0.2) is 13.2 Å². The monoisotopic (exact) mass is 340 g/mol. The standard InChI is InChI=1S/C16H15F3N2O3/c1-10(22)21(9-11-3-2-8-24-11)7-6-20-16(23)12-4-5-13(17)15(19)14(12)18/h2-5,8H,6-7,9H2,1H3,(H,20,23). The summed E-state index contributed by atoms with van der Waals surface area (Å²) in [5.41, 5.74) is -0.602. The smallest absolute Gasteiger partial charge is 0.254 e. The molecule has 2 amide bonds. The normalized spacial score (nSPS) is 10.5. The number of benzene rings is 1. The van der Waals surface area contributed by atoms with E-state index >= 15 is 0 Å². The first-order valence-electron chi connectivity index (χ1n) is 7.09. The van der Waals surface area contributed by atoms with Crippen molar-refractivity contribution in [3.63, 3.8) is 0 Å². The van der Waals surface area contributed by atoms with E-state index in [1.54, 1.807) is 12.1 Å². The van der Waals surface area contributed by atoms with Crippen molar-refractivity contribution in [2.75, 3.05) is 13.1 Å². The summed E-state index contributed by atoms with van der Waals surface area (Å²) < 4.78 is 44.6. The van der Waals surface area contributed by atoms with Crippen molar-refractivity contribution >= 4 is 11.8 Å². The molecule has 1 N–H and O–H groups in total. The summed E-state index contributed by atoms with van der Waals surface area (Å²) in [4.78, 5) is 24.8. The molecule has 1 heterocycles. The van der Waals surface area contributed by atoms with Crippen LogP contribution in [0.15, 0.2) is 34.9 Å². The van der Waals surface area contributed by atoms with E-state index in [2.05, 4.69) is 5.32 Å². The lowest BCUT2D eigenvalue weighted by Crippen LogP contribution is -2.37. The van der Waals surface area contributed by atoms with Crippen molar-refractivity contribution in [2.24, 2.45) is 0 Å². The van der Waals surface area contributed by atoms with Gasteiger partial charge in [0.1, 0.15) is 5.76 Å². The molecule has 0 bridgehead atoms. The van der Waals surface area contributed by atoms with E-state index in [-0.39, 0.29) is 25.5 Å². The maximum atomic E-state index is 13.5. The van der Waals surface area contributed by atoms with Gasteiger partial charge in [0.05, 0.1) is 18.4 Å². The fraction of sp³-hybridized carbons (Fsp3) is 0.250. The minimum absolute atomic E-state index is 0.0115. The summed E-state index contributed by atoms with van der Waals surface area (Å²) >= 11 is 0. The first-order chi connectivity index (χ1) is 11.4. The highest BCUT2D eigenvalue weighted by molar-refractivity contribution is 5.94. The topological polar surface area (TPSA) is 62.6 Å². The highest BCUT2D eigenvalue weighted by Crippen LogP contribution is 2.15. The van der Waals surface area contributed by atoms with Crippen molar-refractivity contribution in [2.45, 2.75) is 13.5 Å². The Labute approximate surface area is 136 Å². The molecule has 5 nitrogen and oxygen atoms in total. The molecule has 0 unspecified atom stereocenters. The molecule has 0 aliphatic carbocycles. The number of rotatable bonds is 6. The van der Waals surface area contributed by atoms with Crippen LogP contribution in [0.3, 0.4) is 0 Å². The molecule has 2 aromatic rings. The van der Waals surface area contributed by atoms with Crippen molar-refractivity contribution in [1.29, 1.82) is 0 Å². The first-order valence-corrected chi connectivity index (χ1v) is 7.09. The van der Waals surface area contributed by atoms with E-state index in [0.717, 1.165) is 6.07 Å². The van der Waals surface area contributed by atoms with Crippen molar-refractivity contribution in [1.82, 2.24) is 10.2 Å². The molecule has 0 fully saturated rings. The summed E-state index contributed by atoms with van der Waals surface area (Å²) in [6, 6.07) is 4.91. The molecular formula is C16H15F3N2O3. The number of nitrogens with one attached hydrogen (secondary N) is 1. The zero-order valence-corrected chi connectivity index (χ0v) is 12.8. The predicted molar refractivity (Wildman–Crippen MR) is 78.4 cm³/mol. The van der Waals surface area contributed by atoms with Gasteiger partial charge < -0.3 is 14.6 Å². The molecule has 1 aromatic heterocycles. The Kier molecular flexibility index (Phi) is 5.62. The second kappa shape index (κ2) is 7.67. The first kappa shape index (κ1) is 17.6. The highest BCUT2D eigenvalue weighted by atomic mass is 19.2. The number of amides is 2. The van der Waals surface area contributed by atoms with Gasteiger partial charge in [0.15, 0.2) is 17.5 Å². The Bertz CT molecular complexity index is 732. The van der Waals surface area contributed by atoms with E-state index < -0.39 is 28.9 Å². The Morgan fingerprint density at radius 1 is 1.17 bits per heavy atom. The molecule has 0 radical (unpaired) electrons. The largest absolute Gasteiger partial charge is 0.467 e. The van der Waals surface area contributed by atoms with E-state index in [9.17, 15) is 22.8 Å². The maximum Gasteiger partial charge on any atom is 0.254 e. The number of furan rings is 1. The minimum atomic E-state index is -1.70. The third kappa shape index (κ3) is 4.15. The van der Waals surface area contributed by atoms with Crippen LogP contribution in [0.1, 0.15) is 23.0 Å². The Hall–Kier alpha value is -2.77. The zero-order chi connectivity index (χ0) is 17.7. The molecule has 24 heavy (non-hydrogen) atoms. The van der Waals surface area contributed by atoms with Crippen LogP contribution in [0.5, 0.6) is 0 Å². The van der Waals surface area contributed by atoms with Crippen LogP contribution in [-0.4, -0.2) is 29.8 Å². The minimum Gasteiger partial charge on any atom is -0.467 e. The number of hydrogen-bond acceptors (Lipinski definition) is 3. The lowest BCUT2D eigenvalue weighted by atomic mass is 10.2. The van der Waals surface area contributed by atoms with Crippen LogP contribution in [0.2, 0.25) is 0 Å². The molecule has 2 rings (SSSR count). The van der Waals surface area contributed by atoms with Gasteiger partial charge in [0.25, 0.3) is 5.91 Å². The SMILES string of the molecule is CC(=O)N(CCNC(=O)c1ccc(F)c(F)c1F)Cc1ccco1. The molecule has 0 aliphatic heterocycles. The van der Waals surface area contributed by atoms with E-state index in [1.807, 2.05) is 0 Å². The lowest BCUT2D eigenvalue weighted by molar-refractivity contribution is -0.129. The van der Waals surface area contributed by atoms with Gasteiger partial charge in [-0.3, -0.25) is 9.59 Å². The number of nitrogens with zero attached hydrogens (tertiary/aromatic N) is 1. The van der Waals surface area contributed by atoms with Gasteiger partial charge in [-0.1, -0.05) is 0 Å². The Balaban J connectivity index is 1.93. The van der Waals surface area contributed by atoms with Crippen molar-refractivity contribution < 1.29 is 27.2 Å². The van der Waals surface area contributed by atoms with Crippen LogP contribution in [0.25, 0.3) is 0 Å². The third-order valence-corrected chi connectivity index (χ3v) is 3.32. The molecule has 128 valence electrons. The lowest BCUT2D eigenvalue weighted by Gasteiger charge is -2.20. The number of halogens is 3. The summed E-state index contributed by atoms with van der Waals surface area (Å²) in [7, 11) is 0. The maximum absolute atomic E-state index is 13.5. The number of hydrogen-bond donors (Lipinski definition) is 1. The van der Waals surface area contributed by atoms with Crippen LogP contribution >= 0.6 is 0 Å². The van der Waals surface area contributed by atoms with Crippen molar-refractivity contribution in [3.05, 3.63) is 59.3 Å². The third-order valence-electron chi connectivity index (χ3n) is 3.32. The summed E-state index contributed by atoms with van der Waals surface area (Å²) in [6.45, 7) is 1.74. The molecule has 8 heteroatoms. The number of carbonyl (C=O) groups is 2. The van der Waals surface area contributed by atoms with Crippen LogP contribution in [0, 0.1) is 17.5 Å². The second-order valence-corrected chi connectivity index (χ2v) is 5.00. The molecule has 0 aliphatic rings. The van der Waals surface area contributed by atoms with Gasteiger partial charge in [-0.05, 0) is 24.3 Å². The summed E-state index contributed by atoms with van der Waals surface area (Å²) in [6.07, 6.45) is 1.47. The van der Waals surface area contributed by atoms with Gasteiger partial charge >= 0.3 is 0 Å². The molecular weight excluding hydrogens is 325 g/mol. The van der Waals surface area contributed by atoms with E-state index in [1.165, 1.54) is 18.1 Å². The van der Waals surface area contributed by atoms with E-state index in [0.29, 0.717) is 11.8 Å². The van der Waals surface area contributed by atoms with Gasteiger partial charge in [-0.2, -0.15) is 0 Å². The molecule has 0 spiro atoms. The zero-order valence-electron chi connectivity index (χ0n) is 12.8. The quantitative estimate of drug-likeness (QED) is 0.822. The Morgan fingerprint density at radius 3 is 2.54 bits per heavy atom. The number of carbonyl (C=O) groups excluding carboxylic acids is 2. The fourth-order valence-corrected chi connectivity index (χ4v) is 2.04. The summed E-state index contributed by atoms with van der Waals surface area (Å²) in [5, 5.41) is 2.36. The van der Waals surface area contributed by atoms with Crippen LogP contribution < -0.4 is 5.32 Å². The molecule has 0 atom stereocenters. The van der Waals surface area contributed by atoms with Gasteiger partial charge in [0.2, 0.25) is 5.91 Å². The highest BCUT2D eigenvalue weighted by Gasteiger charge is 2.19. The second-order valence-electron chi connectivity index (χ2n) is 5.00. The van der Waals surface area contributed by atoms with Gasteiger partial charge in [-0.15, -0.1) is 0 Å². The van der Waals surface area contributed by atoms with Crippen LogP contribution in [-0.2, 0) is 11.3 Å². The fourth-order valence-electron chi connectivity index (χ4n) is 2.04. The van der Waals surface area contributed by atoms with E-state index in [4.69, 9.17) is 4.42 Å². The summed E-state index contributed by atoms with van der Waals surface area (Å²) in [5.74, 6) is -5.18. The van der Waals surface area contributed by atoms with Gasteiger partial charge in [0, 0.05) is 20.0 Å². The van der Waals surface area contributed by atoms with Crippen LogP contribution in [0.4, 0.5) is 13.2 Å². The Morgan fingerprint density at radius 2 is 1.92 bits per heavy atom. The molecule has 0 saturated carbocycles. The average Bonchev–Trinajstić information content (AvgIpc) is 3.04. The van der Waals surface area contributed by atoms with Crippen molar-refractivity contribution in [3.8, 4) is 0 Å². The molecule has 0 saturated heterocycles. The predicted octanol–water partition coefficient (Wildman–Crippen LogP) is 2.48. The average molecular weight is 340 g/mol. The molecule has 1 aromatic carbocycles.